The van der Waals surface area contributed by atoms with Gasteiger partial charge in [-0.1, -0.05) is 5.16 Å². The molecule has 0 spiro atoms. The van der Waals surface area contributed by atoms with Crippen molar-refractivity contribution in [1.82, 2.24) is 5.32 Å². The highest BCUT2D eigenvalue weighted by Crippen LogP contribution is 2.23. The predicted octanol–water partition coefficient (Wildman–Crippen LogP) is 1.12. The van der Waals surface area contributed by atoms with Gasteiger partial charge in [0.2, 0.25) is 6.54 Å². The SMILES string of the molecule is CNC(=O)ON=C(C[N+](=O)[O-])C(C)(C)SC. The molecule has 0 saturated heterocycles. The van der Waals surface area contributed by atoms with E-state index in [1.165, 1.54) is 18.8 Å². The number of hydrogen-bond donors (Lipinski definition) is 1. The van der Waals surface area contributed by atoms with Gasteiger partial charge in [0.15, 0.2) is 0 Å². The standard InChI is InChI=1S/C8H15N3O4S/c1-8(2,16-4)6(5-11(13)14)10-15-7(12)9-3/h5H2,1-4H3,(H,9,12). The summed E-state index contributed by atoms with van der Waals surface area (Å²) in [5.41, 5.74) is 0.202. The molecule has 7 nitrogen and oxygen atoms in total. The minimum absolute atomic E-state index is 0.202. The van der Waals surface area contributed by atoms with E-state index in [0.29, 0.717) is 0 Å². The fourth-order valence-electron chi connectivity index (χ4n) is 0.711. The topological polar surface area (TPSA) is 93.8 Å². The van der Waals surface area contributed by atoms with Crippen molar-refractivity contribution in [3.8, 4) is 0 Å². The number of hydrogen-bond acceptors (Lipinski definition) is 6. The molecule has 0 unspecified atom stereocenters. The van der Waals surface area contributed by atoms with Crippen molar-refractivity contribution in [1.29, 1.82) is 0 Å². The first-order chi connectivity index (χ1) is 7.33. The van der Waals surface area contributed by atoms with Gasteiger partial charge in [-0.25, -0.2) is 4.79 Å². The molecule has 16 heavy (non-hydrogen) atoms. The highest BCUT2D eigenvalue weighted by Gasteiger charge is 2.29. The van der Waals surface area contributed by atoms with Gasteiger partial charge in [-0.2, -0.15) is 11.8 Å². The van der Waals surface area contributed by atoms with E-state index in [4.69, 9.17) is 0 Å². The number of carbonyl (C=O) groups excluding carboxylic acids is 1. The molecule has 0 saturated carbocycles. The summed E-state index contributed by atoms with van der Waals surface area (Å²) in [5, 5.41) is 16.2. The number of nitrogens with one attached hydrogen (secondary N) is 1. The number of nitrogens with zero attached hydrogens (tertiary/aromatic N) is 2. The Kier molecular flexibility index (Phi) is 5.79. The van der Waals surface area contributed by atoms with Crippen LogP contribution < -0.4 is 5.32 Å². The summed E-state index contributed by atoms with van der Waals surface area (Å²) in [6.07, 6.45) is 1.05. The first-order valence-corrected chi connectivity index (χ1v) is 5.69. The summed E-state index contributed by atoms with van der Waals surface area (Å²) in [5.74, 6) is 0. The van der Waals surface area contributed by atoms with Gasteiger partial charge < -0.3 is 5.32 Å². The summed E-state index contributed by atoms with van der Waals surface area (Å²) in [7, 11) is 1.38. The summed E-state index contributed by atoms with van der Waals surface area (Å²) in [4.78, 5) is 25.2. The van der Waals surface area contributed by atoms with Gasteiger partial charge >= 0.3 is 6.09 Å². The molecule has 0 heterocycles. The highest BCUT2D eigenvalue weighted by molar-refractivity contribution is 8.00. The Morgan fingerprint density at radius 3 is 2.56 bits per heavy atom. The molecule has 0 rings (SSSR count). The molecule has 8 heteroatoms. The van der Waals surface area contributed by atoms with Crippen molar-refractivity contribution in [3.05, 3.63) is 10.1 Å². The molecule has 1 N–H and O–H groups in total. The molecular formula is C8H15N3O4S. The lowest BCUT2D eigenvalue weighted by Crippen LogP contribution is -2.34. The molecule has 0 aliphatic rings. The van der Waals surface area contributed by atoms with Crippen LogP contribution in [0.25, 0.3) is 0 Å². The van der Waals surface area contributed by atoms with Gasteiger partial charge in [-0.15, -0.1) is 0 Å². The zero-order valence-electron chi connectivity index (χ0n) is 9.64. The van der Waals surface area contributed by atoms with Crippen LogP contribution in [-0.4, -0.2) is 41.3 Å². The maximum atomic E-state index is 10.8. The van der Waals surface area contributed by atoms with Gasteiger partial charge in [0, 0.05) is 12.0 Å². The lowest BCUT2D eigenvalue weighted by molar-refractivity contribution is -0.463. The van der Waals surface area contributed by atoms with Gasteiger partial charge in [0.05, 0.1) is 4.75 Å². The first kappa shape index (κ1) is 14.7. The quantitative estimate of drug-likeness (QED) is 0.341. The Hall–Kier alpha value is -1.31. The highest BCUT2D eigenvalue weighted by atomic mass is 32.2. The first-order valence-electron chi connectivity index (χ1n) is 4.46. The van der Waals surface area contributed by atoms with E-state index in [2.05, 4.69) is 15.3 Å². The average Bonchev–Trinajstić information content (AvgIpc) is 2.22. The van der Waals surface area contributed by atoms with E-state index in [1.807, 2.05) is 0 Å². The Morgan fingerprint density at radius 2 is 2.19 bits per heavy atom. The summed E-state index contributed by atoms with van der Waals surface area (Å²) in [6, 6.07) is 0. The van der Waals surface area contributed by atoms with E-state index >= 15 is 0 Å². The summed E-state index contributed by atoms with van der Waals surface area (Å²) < 4.78 is -0.554. The second-order valence-corrected chi connectivity index (χ2v) is 4.80. The molecule has 0 bridgehead atoms. The maximum absolute atomic E-state index is 10.8. The number of thioether (sulfide) groups is 1. The van der Waals surface area contributed by atoms with Crippen LogP contribution in [0.15, 0.2) is 5.16 Å². The van der Waals surface area contributed by atoms with Gasteiger partial charge in [-0.3, -0.25) is 15.0 Å². The Labute approximate surface area is 97.7 Å². The van der Waals surface area contributed by atoms with Gasteiger partial charge in [-0.05, 0) is 20.1 Å². The minimum atomic E-state index is -0.752. The van der Waals surface area contributed by atoms with Crippen molar-refractivity contribution < 1.29 is 14.6 Å². The van der Waals surface area contributed by atoms with Crippen LogP contribution >= 0.6 is 11.8 Å². The summed E-state index contributed by atoms with van der Waals surface area (Å²) in [6.45, 7) is 3.09. The molecule has 0 aliphatic heterocycles. The van der Waals surface area contributed by atoms with E-state index < -0.39 is 22.3 Å². The van der Waals surface area contributed by atoms with Crippen molar-refractivity contribution >= 4 is 23.6 Å². The Morgan fingerprint density at radius 1 is 1.62 bits per heavy atom. The number of oxime groups is 1. The fraction of sp³-hybridized carbons (Fsp3) is 0.750. The molecule has 0 aliphatic carbocycles. The predicted molar refractivity (Wildman–Crippen MR) is 62.4 cm³/mol. The molecular weight excluding hydrogens is 234 g/mol. The van der Waals surface area contributed by atoms with Crippen LogP contribution in [0.4, 0.5) is 4.79 Å². The molecule has 0 aromatic heterocycles. The Bertz CT molecular complexity index is 304. The van der Waals surface area contributed by atoms with E-state index in [0.717, 1.165) is 0 Å². The van der Waals surface area contributed by atoms with Crippen molar-refractivity contribution in [3.63, 3.8) is 0 Å². The lowest BCUT2D eigenvalue weighted by atomic mass is 10.1. The normalized spacial score (nSPS) is 12.1. The van der Waals surface area contributed by atoms with E-state index in [-0.39, 0.29) is 5.71 Å². The second kappa shape index (κ2) is 6.31. The zero-order valence-corrected chi connectivity index (χ0v) is 10.5. The molecule has 1 amide bonds. The van der Waals surface area contributed by atoms with Gasteiger partial charge in [0.1, 0.15) is 5.71 Å². The van der Waals surface area contributed by atoms with E-state index in [1.54, 1.807) is 20.1 Å². The second-order valence-electron chi connectivity index (χ2n) is 3.37. The fourth-order valence-corrected chi connectivity index (χ4v) is 1.05. The van der Waals surface area contributed by atoms with Crippen LogP contribution in [0, 0.1) is 10.1 Å². The monoisotopic (exact) mass is 249 g/mol. The molecule has 0 radical (unpaired) electrons. The molecule has 0 aromatic rings. The van der Waals surface area contributed by atoms with Crippen LogP contribution in [0.3, 0.4) is 0 Å². The third kappa shape index (κ3) is 4.96. The number of carbonyl (C=O) groups is 1. The largest absolute Gasteiger partial charge is 0.433 e. The molecule has 0 aromatic carbocycles. The van der Waals surface area contributed by atoms with E-state index in [9.17, 15) is 14.9 Å². The number of amides is 1. The van der Waals surface area contributed by atoms with Crippen LogP contribution in [0.2, 0.25) is 0 Å². The zero-order chi connectivity index (χ0) is 12.8. The molecule has 0 atom stereocenters. The lowest BCUT2D eigenvalue weighted by Gasteiger charge is -2.20. The van der Waals surface area contributed by atoms with Crippen LogP contribution in [-0.2, 0) is 4.84 Å². The molecule has 92 valence electrons. The van der Waals surface area contributed by atoms with Crippen molar-refractivity contribution in [2.24, 2.45) is 5.16 Å². The minimum Gasteiger partial charge on any atom is -0.323 e. The van der Waals surface area contributed by atoms with Crippen LogP contribution in [0.5, 0.6) is 0 Å². The number of rotatable bonds is 5. The average molecular weight is 249 g/mol. The van der Waals surface area contributed by atoms with Gasteiger partial charge in [0.25, 0.3) is 0 Å². The smallest absolute Gasteiger partial charge is 0.323 e. The Balaban J connectivity index is 4.79. The molecule has 0 fully saturated rings. The third-order valence-corrected chi connectivity index (χ3v) is 3.18. The number of nitro groups is 1. The summed E-state index contributed by atoms with van der Waals surface area (Å²) >= 11 is 1.39. The van der Waals surface area contributed by atoms with Crippen molar-refractivity contribution in [2.45, 2.75) is 18.6 Å². The van der Waals surface area contributed by atoms with Crippen LogP contribution in [0.1, 0.15) is 13.8 Å². The van der Waals surface area contributed by atoms with Crippen molar-refractivity contribution in [2.75, 3.05) is 19.8 Å². The third-order valence-electron chi connectivity index (χ3n) is 1.93. The maximum Gasteiger partial charge on any atom is 0.433 e.